The Hall–Kier alpha value is -0.913. The van der Waals surface area contributed by atoms with Crippen molar-refractivity contribution in [3.63, 3.8) is 0 Å². The van der Waals surface area contributed by atoms with Crippen molar-refractivity contribution < 1.29 is 22.0 Å². The second-order valence-electron chi connectivity index (χ2n) is 4.29. The van der Waals surface area contributed by atoms with Crippen LogP contribution in [0.4, 0.5) is 22.0 Å². The standard InChI is InChI=1S/C12H15F5Si/c1-4-18(5-2,6-3)12-10(16)8(14)7(13)9(15)11(12)17/h4-6H2,1-3H3. The normalized spacial score (nSPS) is 12.0. The summed E-state index contributed by atoms with van der Waals surface area (Å²) in [4.78, 5) is 0. The molecule has 0 fully saturated rings. The third-order valence-corrected chi connectivity index (χ3v) is 9.33. The van der Waals surface area contributed by atoms with Gasteiger partial charge in [-0.15, -0.1) is 0 Å². The molecule has 18 heavy (non-hydrogen) atoms. The van der Waals surface area contributed by atoms with Gasteiger partial charge in [-0.3, -0.25) is 0 Å². The van der Waals surface area contributed by atoms with Gasteiger partial charge in [0.2, 0.25) is 5.82 Å². The van der Waals surface area contributed by atoms with E-state index >= 15 is 0 Å². The Morgan fingerprint density at radius 3 is 1.17 bits per heavy atom. The van der Waals surface area contributed by atoms with Gasteiger partial charge in [-0.1, -0.05) is 38.9 Å². The van der Waals surface area contributed by atoms with Gasteiger partial charge in [-0.2, -0.15) is 0 Å². The van der Waals surface area contributed by atoms with Gasteiger partial charge in [-0.05, 0) is 0 Å². The summed E-state index contributed by atoms with van der Waals surface area (Å²) < 4.78 is 66.9. The van der Waals surface area contributed by atoms with Crippen LogP contribution in [0.25, 0.3) is 0 Å². The molecule has 0 radical (unpaired) electrons. The molecular weight excluding hydrogens is 267 g/mol. The molecule has 0 aliphatic rings. The molecule has 0 atom stereocenters. The molecule has 0 heterocycles. The van der Waals surface area contributed by atoms with Gasteiger partial charge in [0, 0.05) is 5.19 Å². The van der Waals surface area contributed by atoms with E-state index in [2.05, 4.69) is 0 Å². The first-order chi connectivity index (χ1) is 8.36. The zero-order valence-electron chi connectivity index (χ0n) is 10.5. The van der Waals surface area contributed by atoms with E-state index in [0.717, 1.165) is 0 Å². The van der Waals surface area contributed by atoms with Crippen LogP contribution in [0.15, 0.2) is 0 Å². The van der Waals surface area contributed by atoms with Crippen molar-refractivity contribution in [3.8, 4) is 0 Å². The Morgan fingerprint density at radius 2 is 0.889 bits per heavy atom. The van der Waals surface area contributed by atoms with Crippen LogP contribution in [-0.4, -0.2) is 8.07 Å². The molecule has 0 nitrogen and oxygen atoms in total. The van der Waals surface area contributed by atoms with E-state index in [4.69, 9.17) is 0 Å². The van der Waals surface area contributed by atoms with Crippen LogP contribution in [0.1, 0.15) is 20.8 Å². The molecule has 0 unspecified atom stereocenters. The van der Waals surface area contributed by atoms with Crippen molar-refractivity contribution >= 4 is 13.3 Å². The maximum Gasteiger partial charge on any atom is 0.200 e. The first kappa shape index (κ1) is 15.1. The molecule has 1 aromatic rings. The summed E-state index contributed by atoms with van der Waals surface area (Å²) in [7, 11) is -2.66. The average Bonchev–Trinajstić information content (AvgIpc) is 2.39. The number of halogens is 5. The van der Waals surface area contributed by atoms with E-state index in [0.29, 0.717) is 18.1 Å². The SMILES string of the molecule is CC[Si](CC)(CC)c1c(F)c(F)c(F)c(F)c1F. The summed E-state index contributed by atoms with van der Waals surface area (Å²) in [5.41, 5.74) is 0. The highest BCUT2D eigenvalue weighted by atomic mass is 28.3. The Balaban J connectivity index is 3.69. The Bertz CT molecular complexity index is 417. The molecule has 0 aliphatic heterocycles. The monoisotopic (exact) mass is 282 g/mol. The Kier molecular flexibility index (Phi) is 4.53. The van der Waals surface area contributed by atoms with Crippen LogP contribution in [0.3, 0.4) is 0 Å². The molecule has 0 aromatic heterocycles. The van der Waals surface area contributed by atoms with Crippen LogP contribution in [0, 0.1) is 29.1 Å². The molecule has 0 saturated carbocycles. The highest BCUT2D eigenvalue weighted by Gasteiger charge is 2.39. The van der Waals surface area contributed by atoms with Gasteiger partial charge in [0.05, 0.1) is 8.07 Å². The number of rotatable bonds is 4. The lowest BCUT2D eigenvalue weighted by molar-refractivity contribution is 0.383. The molecule has 0 N–H and O–H groups in total. The number of hydrogen-bond acceptors (Lipinski definition) is 0. The van der Waals surface area contributed by atoms with Gasteiger partial charge in [0.15, 0.2) is 23.3 Å². The first-order valence-electron chi connectivity index (χ1n) is 5.88. The fraction of sp³-hybridized carbons (Fsp3) is 0.500. The quantitative estimate of drug-likeness (QED) is 0.337. The van der Waals surface area contributed by atoms with E-state index in [1.54, 1.807) is 20.8 Å². The van der Waals surface area contributed by atoms with Crippen LogP contribution < -0.4 is 5.19 Å². The van der Waals surface area contributed by atoms with Crippen molar-refractivity contribution in [2.45, 2.75) is 38.9 Å². The van der Waals surface area contributed by atoms with Gasteiger partial charge in [0.1, 0.15) is 0 Å². The molecule has 0 saturated heterocycles. The topological polar surface area (TPSA) is 0 Å². The number of benzene rings is 1. The summed E-state index contributed by atoms with van der Waals surface area (Å²) in [5, 5.41) is -0.550. The van der Waals surface area contributed by atoms with Crippen LogP contribution in [0.5, 0.6) is 0 Å². The van der Waals surface area contributed by atoms with Crippen molar-refractivity contribution in [1.82, 2.24) is 0 Å². The molecule has 102 valence electrons. The second-order valence-corrected chi connectivity index (χ2v) is 9.47. The van der Waals surface area contributed by atoms with E-state index < -0.39 is 42.3 Å². The minimum Gasteiger partial charge on any atom is -0.204 e. The average molecular weight is 282 g/mol. The minimum atomic E-state index is -2.66. The van der Waals surface area contributed by atoms with E-state index in [1.807, 2.05) is 0 Å². The van der Waals surface area contributed by atoms with Crippen molar-refractivity contribution in [2.24, 2.45) is 0 Å². The van der Waals surface area contributed by atoms with Crippen LogP contribution in [-0.2, 0) is 0 Å². The van der Waals surface area contributed by atoms with E-state index in [1.165, 1.54) is 0 Å². The fourth-order valence-electron chi connectivity index (χ4n) is 2.35. The fourth-order valence-corrected chi connectivity index (χ4v) is 6.06. The van der Waals surface area contributed by atoms with Crippen LogP contribution >= 0.6 is 0 Å². The summed E-state index contributed by atoms with van der Waals surface area (Å²) in [6.45, 7) is 5.20. The molecule has 6 heteroatoms. The third-order valence-electron chi connectivity index (χ3n) is 3.77. The molecule has 0 amide bonds. The molecule has 1 aromatic carbocycles. The predicted molar refractivity (Wildman–Crippen MR) is 63.1 cm³/mol. The predicted octanol–water partition coefficient (Wildman–Crippen LogP) is 4.10. The maximum absolute atomic E-state index is 13.8. The minimum absolute atomic E-state index is 0.443. The van der Waals surface area contributed by atoms with Gasteiger partial charge in [0.25, 0.3) is 0 Å². The largest absolute Gasteiger partial charge is 0.204 e. The highest BCUT2D eigenvalue weighted by molar-refractivity contribution is 6.91. The lowest BCUT2D eigenvalue weighted by atomic mass is 10.3. The van der Waals surface area contributed by atoms with E-state index in [-0.39, 0.29) is 0 Å². The zero-order valence-corrected chi connectivity index (χ0v) is 11.5. The Labute approximate surface area is 104 Å². The maximum atomic E-state index is 13.8. The molecule has 1 rings (SSSR count). The van der Waals surface area contributed by atoms with E-state index in [9.17, 15) is 22.0 Å². The first-order valence-corrected chi connectivity index (χ1v) is 8.50. The summed E-state index contributed by atoms with van der Waals surface area (Å²) >= 11 is 0. The summed E-state index contributed by atoms with van der Waals surface area (Å²) in [6, 6.07) is 1.33. The Morgan fingerprint density at radius 1 is 0.611 bits per heavy atom. The van der Waals surface area contributed by atoms with Gasteiger partial charge >= 0.3 is 0 Å². The summed E-state index contributed by atoms with van der Waals surface area (Å²) in [5.74, 6) is -9.06. The smallest absolute Gasteiger partial charge is 0.200 e. The van der Waals surface area contributed by atoms with Crippen LogP contribution in [0.2, 0.25) is 18.1 Å². The molecule has 0 spiro atoms. The van der Waals surface area contributed by atoms with Crippen molar-refractivity contribution in [2.75, 3.05) is 0 Å². The van der Waals surface area contributed by atoms with Gasteiger partial charge in [-0.25, -0.2) is 22.0 Å². The highest BCUT2D eigenvalue weighted by Crippen LogP contribution is 2.26. The number of hydrogen-bond donors (Lipinski definition) is 0. The third kappa shape index (κ3) is 2.06. The molecular formula is C12H15F5Si. The lowest BCUT2D eigenvalue weighted by Crippen LogP contribution is -2.50. The molecule has 0 aliphatic carbocycles. The lowest BCUT2D eigenvalue weighted by Gasteiger charge is -2.29. The second kappa shape index (κ2) is 5.38. The zero-order chi connectivity index (χ0) is 14.1. The summed E-state index contributed by atoms with van der Waals surface area (Å²) in [6.07, 6.45) is 0. The van der Waals surface area contributed by atoms with Crippen molar-refractivity contribution in [3.05, 3.63) is 29.1 Å². The molecule has 0 bridgehead atoms. The van der Waals surface area contributed by atoms with Gasteiger partial charge < -0.3 is 0 Å². The van der Waals surface area contributed by atoms with Crippen molar-refractivity contribution in [1.29, 1.82) is 0 Å².